The Hall–Kier alpha value is -2.89. The molecule has 0 aromatic carbocycles. The molecule has 23 heavy (non-hydrogen) atoms. The first-order valence-corrected chi connectivity index (χ1v) is 7.56. The molecule has 3 heterocycles. The van der Waals surface area contributed by atoms with Gasteiger partial charge >= 0.3 is 0 Å². The highest BCUT2D eigenvalue weighted by Crippen LogP contribution is 2.29. The van der Waals surface area contributed by atoms with Gasteiger partial charge in [-0.2, -0.15) is 10.1 Å². The second-order valence-corrected chi connectivity index (χ2v) is 5.58. The molecular weight excluding hydrogens is 288 g/mol. The lowest BCUT2D eigenvalue weighted by atomic mass is 10.0. The summed E-state index contributed by atoms with van der Waals surface area (Å²) in [7, 11) is 0. The van der Waals surface area contributed by atoms with Crippen molar-refractivity contribution >= 4 is 28.8 Å². The van der Waals surface area contributed by atoms with E-state index in [1.54, 1.807) is 11.2 Å². The third kappa shape index (κ3) is 3.01. The van der Waals surface area contributed by atoms with Gasteiger partial charge < -0.3 is 10.3 Å². The van der Waals surface area contributed by atoms with Gasteiger partial charge in [-0.25, -0.2) is 9.99 Å². The second kappa shape index (κ2) is 6.08. The Morgan fingerprint density at radius 1 is 1.43 bits per heavy atom. The van der Waals surface area contributed by atoms with Crippen molar-refractivity contribution in [1.82, 2.24) is 20.0 Å². The van der Waals surface area contributed by atoms with Gasteiger partial charge in [0.25, 0.3) is 0 Å². The molecular formula is C17H20N6. The van der Waals surface area contributed by atoms with Crippen LogP contribution in [0, 0.1) is 0 Å². The summed E-state index contributed by atoms with van der Waals surface area (Å²) in [6.07, 6.45) is 11.4. The van der Waals surface area contributed by atoms with E-state index in [1.165, 1.54) is 0 Å². The molecule has 2 aromatic rings. The molecule has 0 saturated heterocycles. The molecule has 0 bridgehead atoms. The molecule has 118 valence electrons. The molecule has 3 rings (SSSR count). The largest absolute Gasteiger partial charge is 0.352 e. The SMILES string of the molecule is C=C1C=C(c2c[nH]c3nc(NC(C)C)ncc23)C=CN1/N=C\C. The second-order valence-electron chi connectivity index (χ2n) is 5.58. The maximum atomic E-state index is 4.51. The van der Waals surface area contributed by atoms with Crippen LogP contribution in [0.15, 0.2) is 48.1 Å². The lowest BCUT2D eigenvalue weighted by Gasteiger charge is -2.19. The minimum absolute atomic E-state index is 0.291. The van der Waals surface area contributed by atoms with Gasteiger partial charge in [0.2, 0.25) is 5.95 Å². The van der Waals surface area contributed by atoms with Crippen molar-refractivity contribution in [3.8, 4) is 0 Å². The number of rotatable bonds is 4. The normalized spacial score (nSPS) is 15.0. The van der Waals surface area contributed by atoms with Crippen LogP contribution in [-0.2, 0) is 0 Å². The van der Waals surface area contributed by atoms with Gasteiger partial charge in [-0.1, -0.05) is 6.58 Å². The van der Waals surface area contributed by atoms with E-state index in [-0.39, 0.29) is 0 Å². The molecule has 1 aliphatic rings. The predicted molar refractivity (Wildman–Crippen MR) is 94.9 cm³/mol. The molecule has 0 amide bonds. The Morgan fingerprint density at radius 3 is 2.96 bits per heavy atom. The number of aromatic nitrogens is 3. The Bertz CT molecular complexity index is 825. The van der Waals surface area contributed by atoms with E-state index in [4.69, 9.17) is 0 Å². The van der Waals surface area contributed by atoms with Crippen LogP contribution in [0.1, 0.15) is 26.3 Å². The van der Waals surface area contributed by atoms with Gasteiger partial charge in [0.15, 0.2) is 0 Å². The molecule has 2 aromatic heterocycles. The summed E-state index contributed by atoms with van der Waals surface area (Å²) in [6, 6.07) is 0.291. The summed E-state index contributed by atoms with van der Waals surface area (Å²) in [5, 5.41) is 10.1. The van der Waals surface area contributed by atoms with E-state index in [9.17, 15) is 0 Å². The third-order valence-corrected chi connectivity index (χ3v) is 3.41. The van der Waals surface area contributed by atoms with Crippen LogP contribution >= 0.6 is 0 Å². The van der Waals surface area contributed by atoms with Gasteiger partial charge in [0.05, 0.1) is 5.70 Å². The molecule has 0 radical (unpaired) electrons. The highest BCUT2D eigenvalue weighted by Gasteiger charge is 2.14. The summed E-state index contributed by atoms with van der Waals surface area (Å²) in [6.45, 7) is 10.0. The van der Waals surface area contributed by atoms with Crippen molar-refractivity contribution in [1.29, 1.82) is 0 Å². The molecule has 0 fully saturated rings. The number of nitrogens with zero attached hydrogens (tertiary/aromatic N) is 4. The van der Waals surface area contributed by atoms with Crippen molar-refractivity contribution in [2.45, 2.75) is 26.8 Å². The zero-order valence-corrected chi connectivity index (χ0v) is 13.5. The zero-order valence-electron chi connectivity index (χ0n) is 13.5. The first kappa shape index (κ1) is 15.0. The molecule has 6 nitrogen and oxygen atoms in total. The van der Waals surface area contributed by atoms with E-state index in [0.717, 1.165) is 27.9 Å². The van der Waals surface area contributed by atoms with Crippen LogP contribution in [0.5, 0.6) is 0 Å². The first-order chi connectivity index (χ1) is 11.1. The van der Waals surface area contributed by atoms with Crippen LogP contribution in [0.4, 0.5) is 5.95 Å². The fourth-order valence-electron chi connectivity index (χ4n) is 2.42. The summed E-state index contributed by atoms with van der Waals surface area (Å²) in [5.41, 5.74) is 3.73. The monoisotopic (exact) mass is 308 g/mol. The number of hydrogen-bond acceptors (Lipinski definition) is 5. The van der Waals surface area contributed by atoms with Crippen LogP contribution in [0.3, 0.4) is 0 Å². The van der Waals surface area contributed by atoms with Crippen LogP contribution in [0.25, 0.3) is 16.6 Å². The summed E-state index contributed by atoms with van der Waals surface area (Å²) in [4.78, 5) is 12.1. The molecule has 6 heteroatoms. The lowest BCUT2D eigenvalue weighted by Crippen LogP contribution is -2.12. The van der Waals surface area contributed by atoms with Gasteiger partial charge in [0.1, 0.15) is 5.65 Å². The number of hydrazone groups is 1. The molecule has 2 N–H and O–H groups in total. The van der Waals surface area contributed by atoms with Crippen LogP contribution < -0.4 is 5.32 Å². The number of anilines is 1. The Morgan fingerprint density at radius 2 is 2.26 bits per heavy atom. The summed E-state index contributed by atoms with van der Waals surface area (Å²) >= 11 is 0. The maximum Gasteiger partial charge on any atom is 0.224 e. The quantitative estimate of drug-likeness (QED) is 0.848. The molecule has 0 aliphatic carbocycles. The molecule has 0 saturated carbocycles. The fourth-order valence-corrected chi connectivity index (χ4v) is 2.42. The van der Waals surface area contributed by atoms with Gasteiger partial charge in [-0.3, -0.25) is 0 Å². The topological polar surface area (TPSA) is 69.2 Å². The Balaban J connectivity index is 1.94. The first-order valence-electron chi connectivity index (χ1n) is 7.56. The van der Waals surface area contributed by atoms with E-state index < -0.39 is 0 Å². The fraction of sp³-hybridized carbons (Fsp3) is 0.235. The molecule has 0 unspecified atom stereocenters. The smallest absolute Gasteiger partial charge is 0.224 e. The van der Waals surface area contributed by atoms with E-state index >= 15 is 0 Å². The number of allylic oxidation sites excluding steroid dienone is 3. The van der Waals surface area contributed by atoms with E-state index in [1.807, 2.05) is 37.7 Å². The Kier molecular flexibility index (Phi) is 3.97. The van der Waals surface area contributed by atoms with Crippen molar-refractivity contribution < 1.29 is 0 Å². The summed E-state index contributed by atoms with van der Waals surface area (Å²) < 4.78 is 0. The van der Waals surface area contributed by atoms with Crippen LogP contribution in [-0.4, -0.2) is 32.2 Å². The minimum atomic E-state index is 0.291. The van der Waals surface area contributed by atoms with E-state index in [0.29, 0.717) is 12.0 Å². The van der Waals surface area contributed by atoms with Crippen molar-refractivity contribution in [3.63, 3.8) is 0 Å². The van der Waals surface area contributed by atoms with Crippen LogP contribution in [0.2, 0.25) is 0 Å². The zero-order chi connectivity index (χ0) is 16.4. The minimum Gasteiger partial charge on any atom is -0.352 e. The average Bonchev–Trinajstić information content (AvgIpc) is 2.92. The molecule has 0 atom stereocenters. The molecule has 1 aliphatic heterocycles. The molecule has 0 spiro atoms. The lowest BCUT2D eigenvalue weighted by molar-refractivity contribution is 0.516. The predicted octanol–water partition coefficient (Wildman–Crippen LogP) is 3.51. The highest BCUT2D eigenvalue weighted by atomic mass is 15.4. The van der Waals surface area contributed by atoms with Gasteiger partial charge in [0, 0.05) is 41.8 Å². The standard InChI is InChI=1S/C17H20N6/c1-5-20-23-7-6-13(8-12(23)4)14-9-18-16-15(14)10-19-17(22-16)21-11(2)3/h5-11H,4H2,1-3H3,(H2,18,19,21,22)/b20-5-. The number of hydrogen-bond donors (Lipinski definition) is 2. The Labute approximate surface area is 135 Å². The van der Waals surface area contributed by atoms with Gasteiger partial charge in [-0.05, 0) is 38.5 Å². The number of nitrogens with one attached hydrogen (secondary N) is 2. The van der Waals surface area contributed by atoms with Crippen molar-refractivity contribution in [3.05, 3.63) is 48.6 Å². The van der Waals surface area contributed by atoms with Crippen molar-refractivity contribution in [2.75, 3.05) is 5.32 Å². The number of fused-ring (bicyclic) bond motifs is 1. The van der Waals surface area contributed by atoms with Gasteiger partial charge in [-0.15, -0.1) is 0 Å². The van der Waals surface area contributed by atoms with E-state index in [2.05, 4.69) is 45.8 Å². The highest BCUT2D eigenvalue weighted by molar-refractivity contribution is 5.94. The number of H-pyrrole nitrogens is 1. The number of aromatic amines is 1. The average molecular weight is 308 g/mol. The summed E-state index contributed by atoms with van der Waals surface area (Å²) in [5.74, 6) is 0.627. The van der Waals surface area contributed by atoms with Crippen molar-refractivity contribution in [2.24, 2.45) is 5.10 Å². The maximum absolute atomic E-state index is 4.51. The third-order valence-electron chi connectivity index (χ3n) is 3.41.